The number of aliphatic imine (C=N–C) groups is 1. The number of amides is 1. The summed E-state index contributed by atoms with van der Waals surface area (Å²) in [6, 6.07) is 8.29. The van der Waals surface area contributed by atoms with Gasteiger partial charge in [0.05, 0.1) is 12.1 Å². The number of hydrogen-bond donors (Lipinski definition) is 2. The molecule has 1 saturated heterocycles. The second-order valence-corrected chi connectivity index (χ2v) is 6.53. The maximum Gasteiger partial charge on any atom is 0.236 e. The molecule has 1 aliphatic rings. The molecule has 1 aromatic heterocycles. The zero-order valence-electron chi connectivity index (χ0n) is 15.6. The summed E-state index contributed by atoms with van der Waals surface area (Å²) in [5.41, 5.74) is 14.0. The highest BCUT2D eigenvalue weighted by atomic mass is 16.2. The van der Waals surface area contributed by atoms with Gasteiger partial charge in [-0.25, -0.2) is 4.99 Å². The SMILES string of the molecule is C=C(C)N=C(/C=C\N)n1ccc2c(N3CCN(C(=O)CN)CC3)cccc21. The first-order valence-corrected chi connectivity index (χ1v) is 9.01. The van der Waals surface area contributed by atoms with Gasteiger partial charge in [0.1, 0.15) is 5.84 Å². The third kappa shape index (κ3) is 3.88. The van der Waals surface area contributed by atoms with Crippen LogP contribution in [0, 0.1) is 0 Å². The molecule has 1 amide bonds. The van der Waals surface area contributed by atoms with E-state index in [1.54, 1.807) is 6.08 Å². The molecule has 3 rings (SSSR count). The van der Waals surface area contributed by atoms with Gasteiger partial charge in [0, 0.05) is 49.1 Å². The summed E-state index contributed by atoms with van der Waals surface area (Å²) < 4.78 is 2.01. The number of fused-ring (bicyclic) bond motifs is 1. The van der Waals surface area contributed by atoms with Crippen LogP contribution in [0.2, 0.25) is 0 Å². The highest BCUT2D eigenvalue weighted by Crippen LogP contribution is 2.29. The normalized spacial score (nSPS) is 15.7. The topological polar surface area (TPSA) is 92.9 Å². The van der Waals surface area contributed by atoms with Gasteiger partial charge in [-0.05, 0) is 37.4 Å². The molecule has 7 heteroatoms. The van der Waals surface area contributed by atoms with Gasteiger partial charge in [0.15, 0.2) is 0 Å². The van der Waals surface area contributed by atoms with E-state index in [4.69, 9.17) is 11.5 Å². The average Bonchev–Trinajstić information content (AvgIpc) is 3.11. The molecular weight excluding hydrogens is 340 g/mol. The van der Waals surface area contributed by atoms with Crippen molar-refractivity contribution >= 4 is 28.3 Å². The molecule has 1 aromatic carbocycles. The third-order valence-corrected chi connectivity index (χ3v) is 4.66. The lowest BCUT2D eigenvalue weighted by Gasteiger charge is -2.36. The van der Waals surface area contributed by atoms with E-state index in [-0.39, 0.29) is 12.5 Å². The Morgan fingerprint density at radius 3 is 2.63 bits per heavy atom. The highest BCUT2D eigenvalue weighted by molar-refractivity contribution is 6.04. The van der Waals surface area contributed by atoms with Crippen LogP contribution in [0.15, 0.2) is 60.0 Å². The van der Waals surface area contributed by atoms with Crippen LogP contribution >= 0.6 is 0 Å². The molecular formula is C20H26N6O. The maximum atomic E-state index is 11.8. The van der Waals surface area contributed by atoms with Crippen molar-refractivity contribution in [1.29, 1.82) is 0 Å². The van der Waals surface area contributed by atoms with Crippen LogP contribution in [0.4, 0.5) is 5.69 Å². The summed E-state index contributed by atoms with van der Waals surface area (Å²) in [5, 5.41) is 1.14. The Kier molecular flexibility index (Phi) is 5.61. The van der Waals surface area contributed by atoms with Crippen LogP contribution in [-0.2, 0) is 4.79 Å². The Bertz CT molecular complexity index is 902. The third-order valence-electron chi connectivity index (χ3n) is 4.66. The Morgan fingerprint density at radius 2 is 2.00 bits per heavy atom. The summed E-state index contributed by atoms with van der Waals surface area (Å²) >= 11 is 0. The summed E-state index contributed by atoms with van der Waals surface area (Å²) in [7, 11) is 0. The number of nitrogens with zero attached hydrogens (tertiary/aromatic N) is 4. The van der Waals surface area contributed by atoms with Crippen molar-refractivity contribution in [1.82, 2.24) is 9.47 Å². The van der Waals surface area contributed by atoms with Gasteiger partial charge >= 0.3 is 0 Å². The molecule has 1 aliphatic heterocycles. The lowest BCUT2D eigenvalue weighted by Crippen LogP contribution is -2.50. The van der Waals surface area contributed by atoms with E-state index in [1.807, 2.05) is 28.7 Å². The van der Waals surface area contributed by atoms with E-state index in [2.05, 4.69) is 34.7 Å². The molecule has 4 N–H and O–H groups in total. The van der Waals surface area contributed by atoms with Gasteiger partial charge < -0.3 is 25.8 Å². The lowest BCUT2D eigenvalue weighted by atomic mass is 10.1. The van der Waals surface area contributed by atoms with E-state index >= 15 is 0 Å². The standard InChI is InChI=1S/C20H26N6O/c1-15(2)23-19(6-8-21)26-9-7-16-17(4-3-5-18(16)26)24-10-12-25(13-11-24)20(27)14-22/h3-9H,1,10-14,21-22H2,2H3/b8-6-,23-19?. The number of carbonyl (C=O) groups is 1. The second-order valence-electron chi connectivity index (χ2n) is 6.53. The van der Waals surface area contributed by atoms with Crippen molar-refractivity contribution in [3.05, 3.63) is 55.0 Å². The van der Waals surface area contributed by atoms with Crippen LogP contribution in [-0.4, -0.2) is 53.9 Å². The quantitative estimate of drug-likeness (QED) is 0.633. The van der Waals surface area contributed by atoms with Gasteiger partial charge in [0.2, 0.25) is 5.91 Å². The minimum Gasteiger partial charge on any atom is -0.404 e. The zero-order valence-corrected chi connectivity index (χ0v) is 15.6. The summed E-state index contributed by atoms with van der Waals surface area (Å²) in [6.07, 6.45) is 5.23. The molecule has 142 valence electrons. The molecule has 1 fully saturated rings. The summed E-state index contributed by atoms with van der Waals surface area (Å²) in [4.78, 5) is 20.4. The zero-order chi connectivity index (χ0) is 19.4. The fraction of sp³-hybridized carbons (Fsp3) is 0.300. The Balaban J connectivity index is 1.93. The Labute approximate surface area is 159 Å². The van der Waals surface area contributed by atoms with E-state index < -0.39 is 0 Å². The van der Waals surface area contributed by atoms with Crippen LogP contribution < -0.4 is 16.4 Å². The second kappa shape index (κ2) is 8.09. The molecule has 0 bridgehead atoms. The molecule has 0 spiro atoms. The summed E-state index contributed by atoms with van der Waals surface area (Å²) in [5.74, 6) is 0.726. The Morgan fingerprint density at radius 1 is 1.26 bits per heavy atom. The Hall–Kier alpha value is -3.06. The smallest absolute Gasteiger partial charge is 0.236 e. The van der Waals surface area contributed by atoms with Crippen molar-refractivity contribution < 1.29 is 4.79 Å². The van der Waals surface area contributed by atoms with Crippen molar-refractivity contribution in [2.45, 2.75) is 6.92 Å². The fourth-order valence-electron chi connectivity index (χ4n) is 3.41. The summed E-state index contributed by atoms with van der Waals surface area (Å²) in [6.45, 7) is 8.72. The number of carbonyl (C=O) groups excluding carboxylic acids is 1. The predicted molar refractivity (Wildman–Crippen MR) is 111 cm³/mol. The molecule has 0 radical (unpaired) electrons. The largest absolute Gasteiger partial charge is 0.404 e. The predicted octanol–water partition coefficient (Wildman–Crippen LogP) is 1.50. The van der Waals surface area contributed by atoms with E-state index in [1.165, 1.54) is 6.20 Å². The molecule has 0 aliphatic carbocycles. The van der Waals surface area contributed by atoms with Crippen molar-refractivity contribution in [2.75, 3.05) is 37.6 Å². The lowest BCUT2D eigenvalue weighted by molar-refractivity contribution is -0.129. The molecule has 0 atom stereocenters. The molecule has 7 nitrogen and oxygen atoms in total. The minimum absolute atomic E-state index is 0.00762. The minimum atomic E-state index is 0.00762. The number of rotatable bonds is 4. The number of allylic oxidation sites excluding steroid dienone is 2. The molecule has 0 saturated carbocycles. The van der Waals surface area contributed by atoms with Crippen molar-refractivity contribution in [3.63, 3.8) is 0 Å². The first kappa shape index (κ1) is 18.7. The van der Waals surface area contributed by atoms with Crippen LogP contribution in [0.5, 0.6) is 0 Å². The molecule has 2 heterocycles. The van der Waals surface area contributed by atoms with Crippen LogP contribution in [0.25, 0.3) is 10.9 Å². The van der Waals surface area contributed by atoms with Gasteiger partial charge in [-0.1, -0.05) is 12.6 Å². The number of nitrogens with two attached hydrogens (primary N) is 2. The molecule has 2 aromatic rings. The highest BCUT2D eigenvalue weighted by Gasteiger charge is 2.22. The number of aromatic nitrogens is 1. The van der Waals surface area contributed by atoms with Crippen molar-refractivity contribution in [2.24, 2.45) is 16.5 Å². The monoisotopic (exact) mass is 366 g/mol. The average molecular weight is 366 g/mol. The maximum absolute atomic E-state index is 11.8. The number of piperazine rings is 1. The molecule has 0 unspecified atom stereocenters. The van der Waals surface area contributed by atoms with E-state index in [0.717, 1.165) is 35.5 Å². The van der Waals surface area contributed by atoms with Gasteiger partial charge in [-0.2, -0.15) is 0 Å². The van der Waals surface area contributed by atoms with Crippen LogP contribution in [0.1, 0.15) is 6.92 Å². The number of benzene rings is 1. The van der Waals surface area contributed by atoms with Gasteiger partial charge in [0.25, 0.3) is 0 Å². The van der Waals surface area contributed by atoms with Gasteiger partial charge in [-0.15, -0.1) is 0 Å². The number of hydrogen-bond acceptors (Lipinski definition) is 5. The molecule has 27 heavy (non-hydrogen) atoms. The van der Waals surface area contributed by atoms with E-state index in [9.17, 15) is 4.79 Å². The first-order valence-electron chi connectivity index (χ1n) is 9.01. The van der Waals surface area contributed by atoms with Crippen LogP contribution in [0.3, 0.4) is 0 Å². The fourth-order valence-corrected chi connectivity index (χ4v) is 3.41. The van der Waals surface area contributed by atoms with Crippen molar-refractivity contribution in [3.8, 4) is 0 Å². The van der Waals surface area contributed by atoms with Gasteiger partial charge in [-0.3, -0.25) is 4.79 Å². The number of anilines is 1. The first-order chi connectivity index (χ1) is 13.0. The van der Waals surface area contributed by atoms with E-state index in [0.29, 0.717) is 18.8 Å².